The molecule has 1 aliphatic heterocycles. The molecule has 1 aromatic heterocycles. The lowest BCUT2D eigenvalue weighted by Gasteiger charge is -2.35. The zero-order valence-electron chi connectivity index (χ0n) is 17.8. The largest absolute Gasteiger partial charge is 0.476 e. The van der Waals surface area contributed by atoms with E-state index in [1.54, 1.807) is 13.8 Å². The summed E-state index contributed by atoms with van der Waals surface area (Å²) in [6, 6.07) is 10.1. The summed E-state index contributed by atoms with van der Waals surface area (Å²) in [7, 11) is 0. The Bertz CT molecular complexity index is 915. The minimum absolute atomic E-state index is 0.00300. The Morgan fingerprint density at radius 1 is 1.19 bits per heavy atom. The van der Waals surface area contributed by atoms with E-state index in [9.17, 15) is 18.0 Å². The van der Waals surface area contributed by atoms with Gasteiger partial charge in [-0.3, -0.25) is 4.79 Å². The van der Waals surface area contributed by atoms with Gasteiger partial charge in [-0.1, -0.05) is 24.3 Å². The third-order valence-corrected chi connectivity index (χ3v) is 5.46. The average Bonchev–Trinajstić information content (AvgIpc) is 2.73. The zero-order chi connectivity index (χ0) is 22.6. The molecule has 0 bridgehead atoms. The van der Waals surface area contributed by atoms with E-state index < -0.39 is 29.0 Å². The monoisotopic (exact) mass is 436 g/mol. The maximum absolute atomic E-state index is 13.2. The first-order valence-electron chi connectivity index (χ1n) is 10.2. The first-order chi connectivity index (χ1) is 14.6. The second-order valence-corrected chi connectivity index (χ2v) is 8.43. The molecule has 3 rings (SSSR count). The Labute approximate surface area is 180 Å². The van der Waals surface area contributed by atoms with E-state index >= 15 is 0 Å². The van der Waals surface area contributed by atoms with E-state index in [1.165, 1.54) is 12.3 Å². The molecule has 168 valence electrons. The summed E-state index contributed by atoms with van der Waals surface area (Å²) in [4.78, 5) is 16.6. The van der Waals surface area contributed by atoms with Crippen LogP contribution >= 0.6 is 0 Å². The number of piperidine rings is 1. The van der Waals surface area contributed by atoms with Crippen molar-refractivity contribution in [1.29, 1.82) is 0 Å². The topological polar surface area (TPSA) is 60.5 Å². The number of alkyl halides is 3. The van der Waals surface area contributed by atoms with Crippen molar-refractivity contribution in [2.45, 2.75) is 45.4 Å². The van der Waals surface area contributed by atoms with Crippen LogP contribution in [0.4, 0.5) is 13.2 Å². The molecule has 8 heteroatoms. The molecule has 1 saturated heterocycles. The van der Waals surface area contributed by atoms with E-state index in [2.05, 4.69) is 10.3 Å². The van der Waals surface area contributed by atoms with Crippen LogP contribution in [0.15, 0.2) is 42.6 Å². The number of ether oxygens (including phenoxy) is 2. The number of nitrogens with zero attached hydrogens (tertiary/aromatic N) is 1. The van der Waals surface area contributed by atoms with Crippen molar-refractivity contribution in [2.24, 2.45) is 5.41 Å². The molecule has 5 nitrogen and oxygen atoms in total. The summed E-state index contributed by atoms with van der Waals surface area (Å²) in [5, 5.41) is 3.34. The van der Waals surface area contributed by atoms with Crippen molar-refractivity contribution in [3.8, 4) is 5.88 Å². The van der Waals surface area contributed by atoms with E-state index in [-0.39, 0.29) is 18.6 Å². The smallest absolute Gasteiger partial charge is 0.421 e. The van der Waals surface area contributed by atoms with Crippen LogP contribution in [0.3, 0.4) is 0 Å². The Morgan fingerprint density at radius 3 is 2.65 bits per heavy atom. The van der Waals surface area contributed by atoms with Crippen LogP contribution in [0, 0.1) is 12.3 Å². The number of pyridine rings is 1. The summed E-state index contributed by atoms with van der Waals surface area (Å²) in [5.74, 6) is -1.05. The van der Waals surface area contributed by atoms with Crippen LogP contribution in [0.2, 0.25) is 0 Å². The number of nitrogens with one attached hydrogen (secondary N) is 1. The van der Waals surface area contributed by atoms with Gasteiger partial charge in [0.1, 0.15) is 18.3 Å². The third kappa shape index (κ3) is 5.55. The van der Waals surface area contributed by atoms with Crippen LogP contribution in [-0.2, 0) is 15.7 Å². The fraction of sp³-hybridized carbons (Fsp3) is 0.478. The van der Waals surface area contributed by atoms with E-state index in [4.69, 9.17) is 9.47 Å². The fourth-order valence-electron chi connectivity index (χ4n) is 3.61. The number of halogens is 3. The van der Waals surface area contributed by atoms with Gasteiger partial charge in [-0.05, 0) is 57.0 Å². The standard InChI is InChI=1S/C23H27F3N2O3/c1-15-7-4-5-8-16(15)17-13-27-12-10-19(17)31-21(29)22(2,3)14-30-20-18(23(24,25)26)9-6-11-28-20/h4-9,11,17,19,27H,10,12-14H2,1-3H3. The predicted octanol–water partition coefficient (Wildman–Crippen LogP) is 4.50. The van der Waals surface area contributed by atoms with Gasteiger partial charge in [-0.15, -0.1) is 0 Å². The van der Waals surface area contributed by atoms with Gasteiger partial charge in [0.2, 0.25) is 5.88 Å². The molecular formula is C23H27F3N2O3. The molecule has 0 amide bonds. The number of rotatable bonds is 6. The predicted molar refractivity (Wildman–Crippen MR) is 110 cm³/mol. The number of carbonyl (C=O) groups excluding carboxylic acids is 1. The maximum Gasteiger partial charge on any atom is 0.421 e. The summed E-state index contributed by atoms with van der Waals surface area (Å²) in [5.41, 5.74) is 0.110. The van der Waals surface area contributed by atoms with Crippen molar-refractivity contribution in [3.05, 3.63) is 59.3 Å². The number of aryl methyl sites for hydroxylation is 1. The average molecular weight is 436 g/mol. The van der Waals surface area contributed by atoms with Crippen LogP contribution in [0.25, 0.3) is 0 Å². The molecule has 0 saturated carbocycles. The van der Waals surface area contributed by atoms with Crippen LogP contribution < -0.4 is 10.1 Å². The highest BCUT2D eigenvalue weighted by atomic mass is 19.4. The van der Waals surface area contributed by atoms with Crippen LogP contribution in [0.1, 0.15) is 42.9 Å². The molecule has 2 heterocycles. The molecular weight excluding hydrogens is 409 g/mol. The Morgan fingerprint density at radius 2 is 1.94 bits per heavy atom. The van der Waals surface area contributed by atoms with Crippen LogP contribution in [-0.4, -0.2) is 36.8 Å². The molecule has 1 aromatic carbocycles. The highest BCUT2D eigenvalue weighted by Crippen LogP contribution is 2.36. The van der Waals surface area contributed by atoms with Crippen molar-refractivity contribution in [1.82, 2.24) is 10.3 Å². The fourth-order valence-corrected chi connectivity index (χ4v) is 3.61. The number of aromatic nitrogens is 1. The van der Waals surface area contributed by atoms with E-state index in [0.717, 1.165) is 23.7 Å². The first kappa shape index (κ1) is 23.1. The normalized spacial score (nSPS) is 19.7. The van der Waals surface area contributed by atoms with E-state index in [0.29, 0.717) is 13.0 Å². The summed E-state index contributed by atoms with van der Waals surface area (Å²) >= 11 is 0. The van der Waals surface area contributed by atoms with Gasteiger partial charge in [0.25, 0.3) is 0 Å². The van der Waals surface area contributed by atoms with Gasteiger partial charge in [0, 0.05) is 18.7 Å². The van der Waals surface area contributed by atoms with Gasteiger partial charge in [0.05, 0.1) is 5.41 Å². The van der Waals surface area contributed by atoms with Gasteiger partial charge in [0.15, 0.2) is 0 Å². The highest BCUT2D eigenvalue weighted by Gasteiger charge is 2.39. The van der Waals surface area contributed by atoms with Gasteiger partial charge < -0.3 is 14.8 Å². The maximum atomic E-state index is 13.2. The van der Waals surface area contributed by atoms with Crippen molar-refractivity contribution >= 4 is 5.97 Å². The number of carbonyl (C=O) groups is 1. The van der Waals surface area contributed by atoms with Crippen molar-refractivity contribution in [3.63, 3.8) is 0 Å². The minimum Gasteiger partial charge on any atom is -0.476 e. The zero-order valence-corrected chi connectivity index (χ0v) is 17.8. The molecule has 1 aliphatic rings. The Balaban J connectivity index is 1.69. The molecule has 0 aliphatic carbocycles. The lowest BCUT2D eigenvalue weighted by atomic mass is 9.86. The second-order valence-electron chi connectivity index (χ2n) is 8.43. The third-order valence-electron chi connectivity index (χ3n) is 5.46. The molecule has 1 N–H and O–H groups in total. The summed E-state index contributed by atoms with van der Waals surface area (Å²) in [6.07, 6.45) is -3.04. The number of benzene rings is 1. The Kier molecular flexibility index (Phi) is 6.89. The summed E-state index contributed by atoms with van der Waals surface area (Å²) in [6.45, 7) is 6.32. The molecule has 0 spiro atoms. The number of esters is 1. The van der Waals surface area contributed by atoms with Gasteiger partial charge in [-0.2, -0.15) is 13.2 Å². The first-order valence-corrected chi connectivity index (χ1v) is 10.2. The summed E-state index contributed by atoms with van der Waals surface area (Å²) < 4.78 is 50.7. The molecule has 2 aromatic rings. The molecule has 2 atom stereocenters. The molecule has 0 radical (unpaired) electrons. The SMILES string of the molecule is Cc1ccccc1C1CNCCC1OC(=O)C(C)(C)COc1ncccc1C(F)(F)F. The number of hydrogen-bond donors (Lipinski definition) is 1. The van der Waals surface area contributed by atoms with Gasteiger partial charge >= 0.3 is 12.1 Å². The minimum atomic E-state index is -4.59. The second kappa shape index (κ2) is 9.26. The molecule has 2 unspecified atom stereocenters. The highest BCUT2D eigenvalue weighted by molar-refractivity contribution is 5.76. The number of hydrogen-bond acceptors (Lipinski definition) is 5. The molecule has 31 heavy (non-hydrogen) atoms. The van der Waals surface area contributed by atoms with Crippen LogP contribution in [0.5, 0.6) is 5.88 Å². The molecule has 1 fully saturated rings. The van der Waals surface area contributed by atoms with E-state index in [1.807, 2.05) is 31.2 Å². The Hall–Kier alpha value is -2.61. The van der Waals surface area contributed by atoms with Gasteiger partial charge in [-0.25, -0.2) is 4.98 Å². The lowest BCUT2D eigenvalue weighted by molar-refractivity contribution is -0.163. The lowest BCUT2D eigenvalue weighted by Crippen LogP contribution is -2.44. The van der Waals surface area contributed by atoms with Crippen molar-refractivity contribution in [2.75, 3.05) is 19.7 Å². The van der Waals surface area contributed by atoms with Crippen molar-refractivity contribution < 1.29 is 27.4 Å². The quantitative estimate of drug-likeness (QED) is 0.676.